The number of benzene rings is 2. The Bertz CT molecular complexity index is 3320. The fourth-order valence-corrected chi connectivity index (χ4v) is 17.6. The maximum absolute atomic E-state index is 15.6. The Morgan fingerprint density at radius 3 is 2.31 bits per heavy atom. The lowest BCUT2D eigenvalue weighted by Crippen LogP contribution is -2.82. The second kappa shape index (κ2) is 25.8. The number of piperidine rings is 1. The first-order valence-electron chi connectivity index (χ1n) is 29.5. The molecule has 0 radical (unpaired) electrons. The summed E-state index contributed by atoms with van der Waals surface area (Å²) in [6, 6.07) is 5.58. The van der Waals surface area contributed by atoms with Gasteiger partial charge in [-0.15, -0.1) is 12.3 Å². The minimum absolute atomic E-state index is 0.0828. The lowest BCUT2D eigenvalue weighted by atomic mass is 9.47. The number of rotatable bonds is 21. The summed E-state index contributed by atoms with van der Waals surface area (Å²) in [7, 11) is 6.74. The van der Waals surface area contributed by atoms with Crippen molar-refractivity contribution in [3.63, 3.8) is 0 Å². The van der Waals surface area contributed by atoms with Gasteiger partial charge in [0.2, 0.25) is 17.7 Å². The van der Waals surface area contributed by atoms with Gasteiger partial charge in [-0.1, -0.05) is 65.3 Å². The molecule has 1 unspecified atom stereocenters. The van der Waals surface area contributed by atoms with Crippen molar-refractivity contribution in [1.29, 1.82) is 0 Å². The summed E-state index contributed by atoms with van der Waals surface area (Å²) in [5.41, 5.74) is 2.22. The fraction of sp³-hybridized carbons (Fsp3) is 0.574. The van der Waals surface area contributed by atoms with Gasteiger partial charge in [0.1, 0.15) is 42.0 Å². The number of hydrazine groups is 1. The molecule has 9 rings (SSSR count). The predicted molar refractivity (Wildman–Crippen MR) is 326 cm³/mol. The Labute approximate surface area is 517 Å². The van der Waals surface area contributed by atoms with Crippen molar-refractivity contribution in [2.24, 2.45) is 11.3 Å². The molecule has 476 valence electrons. The quantitative estimate of drug-likeness (QED) is 0.0181. The van der Waals surface area contributed by atoms with Gasteiger partial charge in [-0.25, -0.2) is 15.0 Å². The number of carboxylic acid groups (broad SMARTS) is 2. The minimum Gasteiger partial charge on any atom is -0.496 e. The molecule has 3 fully saturated rings. The van der Waals surface area contributed by atoms with Crippen molar-refractivity contribution in [3.8, 4) is 18.1 Å². The van der Waals surface area contributed by atoms with Gasteiger partial charge in [0.05, 0.1) is 32.3 Å². The normalized spacial score (nSPS) is 29.4. The SMILES string of the molecule is C#CC[C@H](NC(=O)[C@H](CC(=O)O)NC(C)=O)C(=O)N[C@@H](CSSCCOC(=O)NNC(=O)[C@@]1(O)[C@H](O)[C@]2(CC)C=C(C)CN3CC[C@@]4(c5cc([C@@]6(C(=O)OC)C[C@@H]7CN(CCc8c6[nH]c6ccccc86)C[C@](O)(CC)C7)c(OC)cc5N(C)[C@@H]14)[C@@H]32)C(=O)O. The molecule has 2 aromatic carbocycles. The number of aromatic nitrogens is 1. The molecule has 27 heteroatoms. The molecule has 25 nitrogen and oxygen atoms in total. The molecule has 11 N–H and O–H groups in total. The summed E-state index contributed by atoms with van der Waals surface area (Å²) in [5.74, 6) is -5.00. The first-order valence-corrected chi connectivity index (χ1v) is 32.0. The van der Waals surface area contributed by atoms with E-state index in [0.717, 1.165) is 56.1 Å². The Kier molecular flexibility index (Phi) is 19.2. The van der Waals surface area contributed by atoms with Crippen LogP contribution in [0.5, 0.6) is 5.75 Å². The lowest BCUT2D eigenvalue weighted by Gasteiger charge is -2.63. The molecule has 2 bridgehead atoms. The van der Waals surface area contributed by atoms with Gasteiger partial charge >= 0.3 is 24.0 Å². The molecule has 88 heavy (non-hydrogen) atoms. The molecule has 1 aliphatic carbocycles. The maximum atomic E-state index is 15.6. The summed E-state index contributed by atoms with van der Waals surface area (Å²) in [6.45, 7) is 9.47. The van der Waals surface area contributed by atoms with Crippen LogP contribution in [0.2, 0.25) is 0 Å². The number of terminal acetylenes is 1. The van der Waals surface area contributed by atoms with Crippen LogP contribution < -0.4 is 36.4 Å². The van der Waals surface area contributed by atoms with Crippen LogP contribution in [-0.2, 0) is 60.3 Å². The number of carbonyl (C=O) groups excluding carboxylic acids is 6. The summed E-state index contributed by atoms with van der Waals surface area (Å²) < 4.78 is 17.7. The van der Waals surface area contributed by atoms with Crippen LogP contribution in [0, 0.1) is 23.7 Å². The topological polar surface area (TPSA) is 351 Å². The summed E-state index contributed by atoms with van der Waals surface area (Å²) in [6.07, 6.45) is 5.74. The number of methoxy groups -OCH3 is 2. The number of aromatic amines is 1. The zero-order chi connectivity index (χ0) is 63.8. The largest absolute Gasteiger partial charge is 0.496 e. The number of hydrogen-bond acceptors (Lipinski definition) is 19. The number of aliphatic hydroxyl groups is 3. The third-order valence-electron chi connectivity index (χ3n) is 19.0. The van der Waals surface area contributed by atoms with Gasteiger partial charge in [0.15, 0.2) is 5.60 Å². The van der Waals surface area contributed by atoms with Crippen LogP contribution >= 0.6 is 21.6 Å². The van der Waals surface area contributed by atoms with Gasteiger partial charge in [-0.2, -0.15) is 0 Å². The first-order chi connectivity index (χ1) is 41.8. The number of fused-ring (bicyclic) bond motifs is 6. The average molecular weight is 1260 g/mol. The molecule has 1 aromatic heterocycles. The van der Waals surface area contributed by atoms with E-state index in [2.05, 4.69) is 47.5 Å². The number of H-pyrrole nitrogens is 1. The second-order valence-corrected chi connectivity index (χ2v) is 26.9. The molecule has 13 atom stereocenters. The van der Waals surface area contributed by atoms with Crippen LogP contribution in [0.1, 0.15) is 95.0 Å². The number of nitrogens with zero attached hydrogens (tertiary/aromatic N) is 3. The Morgan fingerprint density at radius 1 is 0.909 bits per heavy atom. The lowest BCUT2D eigenvalue weighted by molar-refractivity contribution is -0.204. The molecule has 5 amide bonds. The predicted octanol–water partition coefficient (Wildman–Crippen LogP) is 1.83. The van der Waals surface area contributed by atoms with Crippen LogP contribution in [0.3, 0.4) is 0 Å². The number of esters is 1. The molecule has 1 saturated carbocycles. The molecule has 5 aliphatic heterocycles. The monoisotopic (exact) mass is 1260 g/mol. The van der Waals surface area contributed by atoms with Gasteiger partial charge < -0.3 is 65.6 Å². The number of nitrogens with one attached hydrogen (secondary N) is 6. The van der Waals surface area contributed by atoms with E-state index in [1.165, 1.54) is 14.2 Å². The maximum Gasteiger partial charge on any atom is 0.426 e. The first kappa shape index (κ1) is 65.4. The highest BCUT2D eigenvalue weighted by molar-refractivity contribution is 8.76. The molecule has 6 aliphatic rings. The third-order valence-corrected chi connectivity index (χ3v) is 21.4. The van der Waals surface area contributed by atoms with Gasteiger partial charge in [-0.3, -0.25) is 44.0 Å². The Hall–Kier alpha value is -7.06. The van der Waals surface area contributed by atoms with E-state index < -0.39 is 124 Å². The molecule has 3 aromatic rings. The molecule has 2 saturated heterocycles. The van der Waals surface area contributed by atoms with Crippen molar-refractivity contribution in [2.45, 2.75) is 137 Å². The molecular weight excluding hydrogens is 1180 g/mol. The number of anilines is 1. The van der Waals surface area contributed by atoms with Crippen molar-refractivity contribution >= 4 is 85.8 Å². The number of aliphatic carboxylic acids is 2. The van der Waals surface area contributed by atoms with Crippen molar-refractivity contribution in [2.75, 3.05) is 77.0 Å². The zero-order valence-corrected chi connectivity index (χ0v) is 52.0. The average Bonchev–Trinajstić information content (AvgIpc) is 1.43. The van der Waals surface area contributed by atoms with E-state index in [1.807, 2.05) is 63.2 Å². The third kappa shape index (κ3) is 11.5. The number of ether oxygens (including phenoxy) is 3. The fourth-order valence-electron chi connectivity index (χ4n) is 15.6. The van der Waals surface area contributed by atoms with E-state index in [9.17, 15) is 54.3 Å². The number of para-hydroxylation sites is 1. The standard InChI is InChI=1S/C61H79N9O16S2/c1-9-14-41(64-49(75)42(24-46(72)73)62-34(5)71)48(74)65-43(50(76)77)31-88-87-22-21-86-56(81)67-66-54(79)61(83)52-59(18-20-70-29-33(4)26-58(11-3,51(59)70)53(61)78)38-23-39(45(84-7)25-44(38)68(52)6)60(55(80)85-8)28-35-27-57(82,10-2)32-69(30-35)19-17-37-36-15-12-13-16-40(36)63-47(37)60/h1,12-13,15-16,23,25-26,35,41-43,51-53,63,78,82-83H,10-11,14,17-22,24,27-32H2,2-8H3,(H,62,71)(H,64,75)(H,65,74)(H,66,79)(H,67,81)(H,72,73)(H,76,77)/t35-,41+,42+,43+,51+,52-,53-,57+,58-,59-,60+,61+/m1/s1. The van der Waals surface area contributed by atoms with E-state index >= 15 is 9.59 Å². The minimum atomic E-state index is -2.66. The summed E-state index contributed by atoms with van der Waals surface area (Å²) in [4.78, 5) is 115. The van der Waals surface area contributed by atoms with E-state index in [1.54, 1.807) is 11.9 Å². The number of hydrogen-bond donors (Lipinski definition) is 11. The summed E-state index contributed by atoms with van der Waals surface area (Å²) in [5, 5.41) is 65.7. The molecule has 1 spiro atoms. The van der Waals surface area contributed by atoms with Crippen LogP contribution in [0.25, 0.3) is 10.9 Å². The van der Waals surface area contributed by atoms with Gasteiger partial charge in [0.25, 0.3) is 5.91 Å². The summed E-state index contributed by atoms with van der Waals surface area (Å²) >= 11 is 0. The second-order valence-electron chi connectivity index (χ2n) is 24.2. The van der Waals surface area contributed by atoms with Gasteiger partial charge in [0, 0.05) is 109 Å². The van der Waals surface area contributed by atoms with Gasteiger partial charge in [-0.05, 0) is 81.2 Å². The zero-order valence-electron chi connectivity index (χ0n) is 50.4. The van der Waals surface area contributed by atoms with Crippen molar-refractivity contribution < 1.29 is 78.1 Å². The number of likely N-dealkylation sites (N-methyl/N-ethyl adjacent to an activating group) is 1. The smallest absolute Gasteiger partial charge is 0.426 e. The number of amides is 5. The highest BCUT2D eigenvalue weighted by Gasteiger charge is 2.79. The van der Waals surface area contributed by atoms with Crippen LogP contribution in [-0.4, -0.2) is 208 Å². The van der Waals surface area contributed by atoms with Crippen molar-refractivity contribution in [1.82, 2.24) is 41.6 Å². The van der Waals surface area contributed by atoms with Crippen LogP contribution in [0.4, 0.5) is 10.5 Å². The molecule has 6 heterocycles. The van der Waals surface area contributed by atoms with E-state index in [4.69, 9.17) is 20.6 Å². The number of aliphatic hydroxyl groups excluding tert-OH is 1. The van der Waals surface area contributed by atoms with E-state index in [-0.39, 0.29) is 36.9 Å². The Balaban J connectivity index is 0.967. The Morgan fingerprint density at radius 2 is 1.64 bits per heavy atom. The highest BCUT2D eigenvalue weighted by atomic mass is 33.1. The van der Waals surface area contributed by atoms with Crippen LogP contribution in [0.15, 0.2) is 48.0 Å². The molecular formula is C61H79N9O16S2. The highest BCUT2D eigenvalue weighted by Crippen LogP contribution is 2.68. The number of carboxylic acids is 2. The number of carbonyl (C=O) groups is 8. The van der Waals surface area contributed by atoms with E-state index in [0.29, 0.717) is 81.1 Å². The van der Waals surface area contributed by atoms with Crippen molar-refractivity contribution in [3.05, 3.63) is 70.4 Å².